The summed E-state index contributed by atoms with van der Waals surface area (Å²) in [6.07, 6.45) is -0.117. The molecule has 3 rings (SSSR count). The summed E-state index contributed by atoms with van der Waals surface area (Å²) in [4.78, 5) is 15.4. The highest BCUT2D eigenvalue weighted by Crippen LogP contribution is 2.29. The van der Waals surface area contributed by atoms with Crippen molar-refractivity contribution >= 4 is 16.7 Å². The van der Waals surface area contributed by atoms with Crippen LogP contribution in [-0.2, 0) is 6.61 Å². The minimum atomic E-state index is -1.08. The van der Waals surface area contributed by atoms with Crippen LogP contribution in [0.3, 0.4) is 0 Å². The summed E-state index contributed by atoms with van der Waals surface area (Å²) in [5, 5.41) is 10.7. The van der Waals surface area contributed by atoms with E-state index in [1.807, 2.05) is 62.4 Å². The molecular formula is C20H19NO4. The van der Waals surface area contributed by atoms with Crippen molar-refractivity contribution in [1.82, 2.24) is 4.98 Å². The molecule has 1 heterocycles. The zero-order chi connectivity index (χ0) is 17.8. The molecule has 0 amide bonds. The van der Waals surface area contributed by atoms with Crippen molar-refractivity contribution in [1.29, 1.82) is 0 Å². The molecule has 0 spiro atoms. The van der Waals surface area contributed by atoms with Gasteiger partial charge in [-0.15, -0.1) is 0 Å². The largest absolute Gasteiger partial charge is 0.489 e. The maximum atomic E-state index is 11.3. The van der Waals surface area contributed by atoms with Gasteiger partial charge in [0.2, 0.25) is 5.88 Å². The van der Waals surface area contributed by atoms with Gasteiger partial charge in [0, 0.05) is 5.39 Å². The first kappa shape index (κ1) is 16.8. The summed E-state index contributed by atoms with van der Waals surface area (Å²) in [5.41, 5.74) is 1.03. The van der Waals surface area contributed by atoms with E-state index in [0.717, 1.165) is 16.3 Å². The zero-order valence-electron chi connectivity index (χ0n) is 14.1. The van der Waals surface area contributed by atoms with E-state index in [-0.39, 0.29) is 11.8 Å². The lowest BCUT2D eigenvalue weighted by Crippen LogP contribution is -2.10. The molecule has 0 saturated carbocycles. The third kappa shape index (κ3) is 4.07. The molecular weight excluding hydrogens is 318 g/mol. The first-order valence-corrected chi connectivity index (χ1v) is 8.04. The third-order valence-corrected chi connectivity index (χ3v) is 3.58. The molecule has 2 aromatic carbocycles. The normalized spacial score (nSPS) is 10.8. The molecule has 0 fully saturated rings. The summed E-state index contributed by atoms with van der Waals surface area (Å²) in [5.74, 6) is -0.107. The number of aromatic nitrogens is 1. The second-order valence-corrected chi connectivity index (χ2v) is 5.94. The lowest BCUT2D eigenvalue weighted by atomic mass is 10.1. The maximum Gasteiger partial charge on any atom is 0.354 e. The van der Waals surface area contributed by atoms with Crippen LogP contribution in [0.4, 0.5) is 0 Å². The maximum absolute atomic E-state index is 11.3. The second kappa shape index (κ2) is 7.21. The van der Waals surface area contributed by atoms with Crippen molar-refractivity contribution < 1.29 is 19.4 Å². The highest BCUT2D eigenvalue weighted by Gasteiger charge is 2.14. The highest BCUT2D eigenvalue weighted by molar-refractivity contribution is 5.95. The third-order valence-electron chi connectivity index (χ3n) is 3.58. The molecule has 5 heteroatoms. The number of carboxylic acid groups (broad SMARTS) is 1. The van der Waals surface area contributed by atoms with E-state index >= 15 is 0 Å². The topological polar surface area (TPSA) is 68.7 Å². The van der Waals surface area contributed by atoms with Gasteiger partial charge in [-0.05, 0) is 43.0 Å². The Morgan fingerprint density at radius 1 is 1.12 bits per heavy atom. The summed E-state index contributed by atoms with van der Waals surface area (Å²) < 4.78 is 11.5. The molecule has 1 N–H and O–H groups in total. The number of hydrogen-bond acceptors (Lipinski definition) is 4. The van der Waals surface area contributed by atoms with E-state index < -0.39 is 5.97 Å². The number of carbonyl (C=O) groups is 1. The van der Waals surface area contributed by atoms with E-state index in [1.54, 1.807) is 0 Å². The second-order valence-electron chi connectivity index (χ2n) is 5.94. The van der Waals surface area contributed by atoms with Crippen molar-refractivity contribution in [2.75, 3.05) is 0 Å². The van der Waals surface area contributed by atoms with Gasteiger partial charge in [0.25, 0.3) is 0 Å². The van der Waals surface area contributed by atoms with Crippen molar-refractivity contribution in [3.05, 3.63) is 65.9 Å². The fourth-order valence-corrected chi connectivity index (χ4v) is 2.45. The molecule has 128 valence electrons. The van der Waals surface area contributed by atoms with Gasteiger partial charge < -0.3 is 14.6 Å². The Hall–Kier alpha value is -3.08. The van der Waals surface area contributed by atoms with Crippen LogP contribution >= 0.6 is 0 Å². The van der Waals surface area contributed by atoms with Crippen LogP contribution in [0.1, 0.15) is 29.9 Å². The van der Waals surface area contributed by atoms with Gasteiger partial charge in [0.15, 0.2) is 5.69 Å². The van der Waals surface area contributed by atoms with Gasteiger partial charge in [-0.2, -0.15) is 0 Å². The molecule has 5 nitrogen and oxygen atoms in total. The SMILES string of the molecule is CC(C)Oc1nc(C(=O)O)cc2ccc(OCc3ccccc3)cc12. The standard InChI is InChI=1S/C20H19NO4/c1-13(2)25-19-17-11-16(24-12-14-6-4-3-5-7-14)9-8-15(17)10-18(21-19)20(22)23/h3-11,13H,12H2,1-2H3,(H,22,23). The van der Waals surface area contributed by atoms with E-state index in [0.29, 0.717) is 18.2 Å². The van der Waals surface area contributed by atoms with Crippen LogP contribution in [-0.4, -0.2) is 22.2 Å². The van der Waals surface area contributed by atoms with Gasteiger partial charge in [-0.3, -0.25) is 0 Å². The van der Waals surface area contributed by atoms with E-state index in [1.165, 1.54) is 6.07 Å². The number of pyridine rings is 1. The van der Waals surface area contributed by atoms with Gasteiger partial charge in [-0.25, -0.2) is 9.78 Å². The molecule has 0 aliphatic rings. The number of hydrogen-bond donors (Lipinski definition) is 1. The number of benzene rings is 2. The quantitative estimate of drug-likeness (QED) is 0.726. The minimum absolute atomic E-state index is 0.0406. The molecule has 25 heavy (non-hydrogen) atoms. The number of nitrogens with zero attached hydrogens (tertiary/aromatic N) is 1. The van der Waals surface area contributed by atoms with E-state index in [9.17, 15) is 9.90 Å². The highest BCUT2D eigenvalue weighted by atomic mass is 16.5. The predicted molar refractivity (Wildman–Crippen MR) is 95.2 cm³/mol. The first-order valence-electron chi connectivity index (χ1n) is 8.04. The van der Waals surface area contributed by atoms with Crippen LogP contribution in [0.15, 0.2) is 54.6 Å². The summed E-state index contributed by atoms with van der Waals surface area (Å²) in [7, 11) is 0. The molecule has 1 aromatic heterocycles. The van der Waals surface area contributed by atoms with Crippen molar-refractivity contribution in [3.8, 4) is 11.6 Å². The minimum Gasteiger partial charge on any atom is -0.489 e. The Morgan fingerprint density at radius 2 is 1.88 bits per heavy atom. The predicted octanol–water partition coefficient (Wildman–Crippen LogP) is 4.30. The Bertz CT molecular complexity index is 891. The Labute approximate surface area is 145 Å². The van der Waals surface area contributed by atoms with E-state index in [4.69, 9.17) is 9.47 Å². The van der Waals surface area contributed by atoms with Gasteiger partial charge >= 0.3 is 5.97 Å². The average Bonchev–Trinajstić information content (AvgIpc) is 2.60. The lowest BCUT2D eigenvalue weighted by molar-refractivity contribution is 0.0689. The number of carboxylic acids is 1. The van der Waals surface area contributed by atoms with Crippen molar-refractivity contribution in [2.24, 2.45) is 0 Å². The van der Waals surface area contributed by atoms with Gasteiger partial charge in [-0.1, -0.05) is 36.4 Å². The molecule has 0 aliphatic heterocycles. The molecule has 0 unspecified atom stereocenters. The average molecular weight is 337 g/mol. The fraction of sp³-hybridized carbons (Fsp3) is 0.200. The lowest BCUT2D eigenvalue weighted by Gasteiger charge is -2.13. The smallest absolute Gasteiger partial charge is 0.354 e. The van der Waals surface area contributed by atoms with Crippen molar-refractivity contribution in [2.45, 2.75) is 26.6 Å². The monoisotopic (exact) mass is 337 g/mol. The van der Waals surface area contributed by atoms with Crippen LogP contribution in [0.25, 0.3) is 10.8 Å². The molecule has 3 aromatic rings. The Balaban J connectivity index is 1.94. The van der Waals surface area contributed by atoms with Crippen LogP contribution in [0, 0.1) is 0 Å². The van der Waals surface area contributed by atoms with Crippen LogP contribution in [0.5, 0.6) is 11.6 Å². The Kier molecular flexibility index (Phi) is 4.84. The summed E-state index contributed by atoms with van der Waals surface area (Å²) in [6.45, 7) is 4.20. The number of fused-ring (bicyclic) bond motifs is 1. The molecule has 0 aliphatic carbocycles. The van der Waals surface area contributed by atoms with Crippen LogP contribution in [0.2, 0.25) is 0 Å². The zero-order valence-corrected chi connectivity index (χ0v) is 14.1. The number of aromatic carboxylic acids is 1. The fourth-order valence-electron chi connectivity index (χ4n) is 2.45. The Morgan fingerprint density at radius 3 is 2.56 bits per heavy atom. The van der Waals surface area contributed by atoms with Gasteiger partial charge in [0.1, 0.15) is 12.4 Å². The number of ether oxygens (including phenoxy) is 2. The van der Waals surface area contributed by atoms with Crippen molar-refractivity contribution in [3.63, 3.8) is 0 Å². The number of rotatable bonds is 6. The van der Waals surface area contributed by atoms with E-state index in [2.05, 4.69) is 4.98 Å². The molecule has 0 bridgehead atoms. The summed E-state index contributed by atoms with van der Waals surface area (Å²) in [6, 6.07) is 16.9. The molecule has 0 atom stereocenters. The first-order chi connectivity index (χ1) is 12.0. The molecule has 0 saturated heterocycles. The van der Waals surface area contributed by atoms with Gasteiger partial charge in [0.05, 0.1) is 6.10 Å². The molecule has 0 radical (unpaired) electrons. The summed E-state index contributed by atoms with van der Waals surface area (Å²) >= 11 is 0. The van der Waals surface area contributed by atoms with Crippen LogP contribution < -0.4 is 9.47 Å².